The van der Waals surface area contributed by atoms with Crippen LogP contribution in [0.5, 0.6) is 0 Å². The van der Waals surface area contributed by atoms with E-state index in [0.29, 0.717) is 24.4 Å². The number of rotatable bonds is 1. The largest absolute Gasteiger partial charge is 0.283 e. The van der Waals surface area contributed by atoms with Crippen molar-refractivity contribution in [1.29, 1.82) is 0 Å². The normalized spacial score (nSPS) is 14.6. The van der Waals surface area contributed by atoms with Crippen LogP contribution in [-0.4, -0.2) is 18.8 Å². The second-order valence-corrected chi connectivity index (χ2v) is 4.72. The lowest BCUT2D eigenvalue weighted by molar-refractivity contribution is 0.625. The molecule has 0 radical (unpaired) electrons. The fraction of sp³-hybridized carbons (Fsp3) is 0.133. The van der Waals surface area contributed by atoms with E-state index in [2.05, 4.69) is 4.99 Å². The van der Waals surface area contributed by atoms with Crippen LogP contribution < -0.4 is 4.42 Å². The monoisotopic (exact) mass is 274 g/mol. The zero-order valence-corrected chi connectivity index (χ0v) is 10.9. The lowest BCUT2D eigenvalue weighted by Crippen LogP contribution is -2.14. The fourth-order valence-corrected chi connectivity index (χ4v) is 2.45. The Hall–Kier alpha value is -1.87. The minimum Gasteiger partial charge on any atom is -0.283 e. The van der Waals surface area contributed by atoms with Crippen LogP contribution in [0.1, 0.15) is 11.1 Å². The van der Waals surface area contributed by atoms with Crippen LogP contribution in [0.3, 0.4) is 0 Å². The zero-order valence-electron chi connectivity index (χ0n) is 10.2. The van der Waals surface area contributed by atoms with Gasteiger partial charge in [-0.1, -0.05) is 30.3 Å². The summed E-state index contributed by atoms with van der Waals surface area (Å²) in [5.74, 6) is -0.265. The van der Waals surface area contributed by atoms with Crippen molar-refractivity contribution >= 4 is 23.2 Å². The van der Waals surface area contributed by atoms with Gasteiger partial charge < -0.3 is 0 Å². The molecule has 19 heavy (non-hydrogen) atoms. The first kappa shape index (κ1) is 12.2. The van der Waals surface area contributed by atoms with E-state index in [1.54, 1.807) is 16.6 Å². The third-order valence-corrected chi connectivity index (χ3v) is 3.47. The number of nitrogens with zero attached hydrogens (tertiary/aromatic N) is 2. The molecule has 0 fully saturated rings. The van der Waals surface area contributed by atoms with E-state index in [1.807, 2.05) is 30.3 Å². The smallest absolute Gasteiger partial charge is 0.132 e. The Bertz CT molecular complexity index is 640. The van der Waals surface area contributed by atoms with Crippen LogP contribution in [-0.2, 0) is 0 Å². The highest BCUT2D eigenvalue weighted by Gasteiger charge is 2.19. The number of aliphatic imine (C=N–C) groups is 1. The summed E-state index contributed by atoms with van der Waals surface area (Å²) in [6.07, 6.45) is 0. The molecule has 0 unspecified atom stereocenters. The van der Waals surface area contributed by atoms with Gasteiger partial charge in [0.05, 0.1) is 24.5 Å². The molecule has 2 nitrogen and oxygen atoms in total. The molecule has 0 aromatic heterocycles. The van der Waals surface area contributed by atoms with Gasteiger partial charge in [0.2, 0.25) is 0 Å². The number of anilines is 1. The van der Waals surface area contributed by atoms with Crippen molar-refractivity contribution in [2.24, 2.45) is 4.99 Å². The number of benzene rings is 2. The summed E-state index contributed by atoms with van der Waals surface area (Å²) in [4.78, 5) is 4.50. The first-order valence-electron chi connectivity index (χ1n) is 6.09. The molecular formula is C15H12ClFN2. The SMILES string of the molecule is Fc1ccccc1C1=NCCN(Cl)c2ccccc21. The molecule has 0 spiro atoms. The van der Waals surface area contributed by atoms with Crippen LogP contribution in [0.15, 0.2) is 53.5 Å². The molecule has 0 aliphatic carbocycles. The molecule has 2 aromatic carbocycles. The van der Waals surface area contributed by atoms with Gasteiger partial charge in [-0.3, -0.25) is 9.41 Å². The van der Waals surface area contributed by atoms with E-state index >= 15 is 0 Å². The summed E-state index contributed by atoms with van der Waals surface area (Å²) < 4.78 is 15.6. The van der Waals surface area contributed by atoms with Gasteiger partial charge in [-0.25, -0.2) is 4.39 Å². The predicted molar refractivity (Wildman–Crippen MR) is 76.5 cm³/mol. The number of hydrogen-bond acceptors (Lipinski definition) is 2. The Morgan fingerprint density at radius 2 is 1.68 bits per heavy atom. The Balaban J connectivity index is 2.19. The Labute approximate surface area is 116 Å². The van der Waals surface area contributed by atoms with E-state index in [4.69, 9.17) is 11.8 Å². The number of hydrogen-bond donors (Lipinski definition) is 0. The number of fused-ring (bicyclic) bond motifs is 1. The average molecular weight is 275 g/mol. The van der Waals surface area contributed by atoms with Gasteiger partial charge in [-0.15, -0.1) is 0 Å². The standard InChI is InChI=1S/C15H12ClFN2/c16-19-10-9-18-15(11-5-1-3-7-13(11)17)12-6-2-4-8-14(12)19/h1-8H,9-10H2. The van der Waals surface area contributed by atoms with Gasteiger partial charge in [0.1, 0.15) is 5.82 Å². The Morgan fingerprint density at radius 3 is 2.47 bits per heavy atom. The van der Waals surface area contributed by atoms with Crippen LogP contribution in [0.4, 0.5) is 10.1 Å². The molecular weight excluding hydrogens is 263 g/mol. The Morgan fingerprint density at radius 1 is 1.00 bits per heavy atom. The molecule has 1 aliphatic heterocycles. The molecule has 0 saturated heterocycles. The molecule has 2 aromatic rings. The molecule has 96 valence electrons. The first-order chi connectivity index (χ1) is 9.27. The van der Waals surface area contributed by atoms with E-state index in [9.17, 15) is 4.39 Å². The minimum absolute atomic E-state index is 0.265. The average Bonchev–Trinajstić information content (AvgIpc) is 2.60. The Kier molecular flexibility index (Phi) is 3.22. The summed E-state index contributed by atoms with van der Waals surface area (Å²) in [5.41, 5.74) is 2.91. The second kappa shape index (κ2) is 5.02. The highest BCUT2D eigenvalue weighted by molar-refractivity contribution is 6.28. The van der Waals surface area contributed by atoms with Crippen LogP contribution in [0.2, 0.25) is 0 Å². The second-order valence-electron chi connectivity index (χ2n) is 4.31. The van der Waals surface area contributed by atoms with Gasteiger partial charge in [0, 0.05) is 22.9 Å². The van der Waals surface area contributed by atoms with Crippen LogP contribution in [0.25, 0.3) is 0 Å². The number of benzodiazepines with no additional fused rings is 1. The van der Waals surface area contributed by atoms with Crippen molar-refractivity contribution < 1.29 is 4.39 Å². The number of halogens is 2. The molecule has 0 saturated carbocycles. The molecule has 0 bridgehead atoms. The van der Waals surface area contributed by atoms with Crippen LogP contribution >= 0.6 is 11.8 Å². The van der Waals surface area contributed by atoms with E-state index in [1.165, 1.54) is 6.07 Å². The highest BCUT2D eigenvalue weighted by Crippen LogP contribution is 2.28. The molecule has 1 aliphatic rings. The predicted octanol–water partition coefficient (Wildman–Crippen LogP) is 3.64. The lowest BCUT2D eigenvalue weighted by Gasteiger charge is -2.16. The summed E-state index contributed by atoms with van der Waals surface area (Å²) in [6, 6.07) is 14.3. The van der Waals surface area contributed by atoms with E-state index in [-0.39, 0.29) is 5.82 Å². The molecule has 4 heteroatoms. The zero-order chi connectivity index (χ0) is 13.2. The van der Waals surface area contributed by atoms with Gasteiger partial charge in [-0.2, -0.15) is 0 Å². The molecule has 0 N–H and O–H groups in total. The van der Waals surface area contributed by atoms with Crippen molar-refractivity contribution in [1.82, 2.24) is 0 Å². The maximum Gasteiger partial charge on any atom is 0.132 e. The molecule has 1 heterocycles. The topological polar surface area (TPSA) is 15.6 Å². The van der Waals surface area contributed by atoms with Crippen molar-refractivity contribution in [2.45, 2.75) is 0 Å². The molecule has 0 atom stereocenters. The molecule has 0 amide bonds. The lowest BCUT2D eigenvalue weighted by atomic mass is 10.0. The van der Waals surface area contributed by atoms with Crippen molar-refractivity contribution in [3.05, 3.63) is 65.5 Å². The summed E-state index contributed by atoms with van der Waals surface area (Å²) >= 11 is 6.21. The summed E-state index contributed by atoms with van der Waals surface area (Å²) in [5, 5.41) is 0. The van der Waals surface area contributed by atoms with Gasteiger partial charge in [0.25, 0.3) is 0 Å². The fourth-order valence-electron chi connectivity index (χ4n) is 2.22. The van der Waals surface area contributed by atoms with Crippen LogP contribution in [0, 0.1) is 5.82 Å². The third kappa shape index (κ3) is 2.22. The van der Waals surface area contributed by atoms with Gasteiger partial charge in [0.15, 0.2) is 0 Å². The quantitative estimate of drug-likeness (QED) is 0.725. The number of para-hydroxylation sites is 1. The third-order valence-electron chi connectivity index (χ3n) is 3.12. The van der Waals surface area contributed by atoms with Crippen molar-refractivity contribution in [3.8, 4) is 0 Å². The summed E-state index contributed by atoms with van der Waals surface area (Å²) in [7, 11) is 0. The van der Waals surface area contributed by atoms with Gasteiger partial charge >= 0.3 is 0 Å². The summed E-state index contributed by atoms with van der Waals surface area (Å²) in [6.45, 7) is 1.15. The maximum absolute atomic E-state index is 14.0. The van der Waals surface area contributed by atoms with Gasteiger partial charge in [-0.05, 0) is 18.2 Å². The molecule has 3 rings (SSSR count). The minimum atomic E-state index is -0.265. The highest BCUT2D eigenvalue weighted by atomic mass is 35.5. The van der Waals surface area contributed by atoms with E-state index < -0.39 is 0 Å². The van der Waals surface area contributed by atoms with Crippen molar-refractivity contribution in [2.75, 3.05) is 17.5 Å². The van der Waals surface area contributed by atoms with Crippen molar-refractivity contribution in [3.63, 3.8) is 0 Å². The van der Waals surface area contributed by atoms with E-state index in [0.717, 1.165) is 11.3 Å². The maximum atomic E-state index is 14.0. The first-order valence-corrected chi connectivity index (χ1v) is 6.43.